The number of carbonyl (C=O) groups is 1. The van der Waals surface area contributed by atoms with E-state index >= 15 is 0 Å². The van der Waals surface area contributed by atoms with Crippen molar-refractivity contribution in [3.05, 3.63) is 64.1 Å². The van der Waals surface area contributed by atoms with E-state index < -0.39 is 5.24 Å². The molecule has 0 aliphatic rings. The maximum Gasteiger partial charge on any atom is 0.253 e. The van der Waals surface area contributed by atoms with E-state index in [0.29, 0.717) is 32.2 Å². The summed E-state index contributed by atoms with van der Waals surface area (Å²) in [6.45, 7) is 0. The van der Waals surface area contributed by atoms with Gasteiger partial charge >= 0.3 is 0 Å². The maximum atomic E-state index is 11.7. The summed E-state index contributed by atoms with van der Waals surface area (Å²) in [5.41, 5.74) is 2.17. The highest BCUT2D eigenvalue weighted by molar-refractivity contribution is 6.68. The van der Waals surface area contributed by atoms with E-state index in [1.807, 2.05) is 18.2 Å². The van der Waals surface area contributed by atoms with Gasteiger partial charge in [-0.25, -0.2) is 4.98 Å². The van der Waals surface area contributed by atoms with Crippen LogP contribution in [0, 0.1) is 0 Å². The van der Waals surface area contributed by atoms with Crippen molar-refractivity contribution >= 4 is 50.9 Å². The van der Waals surface area contributed by atoms with E-state index in [2.05, 4.69) is 4.98 Å². The van der Waals surface area contributed by atoms with Gasteiger partial charge in [0.05, 0.1) is 16.2 Å². The molecule has 0 aliphatic heterocycles. The summed E-state index contributed by atoms with van der Waals surface area (Å²) >= 11 is 18.1. The topological polar surface area (TPSA) is 30.0 Å². The number of aromatic nitrogens is 1. The fourth-order valence-electron chi connectivity index (χ4n) is 2.18. The summed E-state index contributed by atoms with van der Waals surface area (Å²) in [6, 6.07) is 14.1. The quantitative estimate of drug-likeness (QED) is 0.571. The fraction of sp³-hybridized carbons (Fsp3) is 0. The van der Waals surface area contributed by atoms with E-state index in [-0.39, 0.29) is 0 Å². The number of para-hydroxylation sites is 1. The van der Waals surface area contributed by atoms with Crippen molar-refractivity contribution in [2.45, 2.75) is 0 Å². The summed E-state index contributed by atoms with van der Waals surface area (Å²) in [7, 11) is 0. The van der Waals surface area contributed by atoms with Crippen LogP contribution in [0.1, 0.15) is 10.4 Å². The second-order valence-electron chi connectivity index (χ2n) is 4.44. The molecule has 0 radical (unpaired) electrons. The summed E-state index contributed by atoms with van der Waals surface area (Å²) in [4.78, 5) is 16.2. The Kier molecular flexibility index (Phi) is 3.85. The number of benzene rings is 2. The van der Waals surface area contributed by atoms with Gasteiger partial charge in [-0.05, 0) is 29.8 Å². The van der Waals surface area contributed by atoms with E-state index in [1.54, 1.807) is 30.3 Å². The SMILES string of the molecule is O=C(Cl)c1cc(-c2ccccc2Cl)nc2c(Cl)cccc12. The van der Waals surface area contributed by atoms with E-state index in [0.717, 1.165) is 5.56 Å². The van der Waals surface area contributed by atoms with Crippen LogP contribution in [-0.2, 0) is 0 Å². The lowest BCUT2D eigenvalue weighted by Gasteiger charge is -2.09. The fourth-order valence-corrected chi connectivity index (χ4v) is 2.79. The molecule has 0 spiro atoms. The third kappa shape index (κ3) is 2.62. The third-order valence-electron chi connectivity index (χ3n) is 3.15. The molecule has 0 N–H and O–H groups in total. The lowest BCUT2D eigenvalue weighted by molar-refractivity contribution is 0.108. The van der Waals surface area contributed by atoms with Crippen LogP contribution in [0.2, 0.25) is 10.0 Å². The van der Waals surface area contributed by atoms with Crippen LogP contribution in [0.15, 0.2) is 48.5 Å². The van der Waals surface area contributed by atoms with Crippen LogP contribution >= 0.6 is 34.8 Å². The van der Waals surface area contributed by atoms with Gasteiger partial charge in [0.25, 0.3) is 5.24 Å². The monoisotopic (exact) mass is 335 g/mol. The van der Waals surface area contributed by atoms with Gasteiger partial charge < -0.3 is 0 Å². The van der Waals surface area contributed by atoms with Crippen molar-refractivity contribution < 1.29 is 4.79 Å². The molecule has 0 aliphatic carbocycles. The average Bonchev–Trinajstić information content (AvgIpc) is 2.47. The first-order valence-corrected chi connectivity index (χ1v) is 7.25. The Labute approximate surface area is 136 Å². The number of pyridine rings is 1. The minimum absolute atomic E-state index is 0.360. The van der Waals surface area contributed by atoms with Gasteiger partial charge in [-0.1, -0.05) is 53.5 Å². The summed E-state index contributed by atoms with van der Waals surface area (Å²) in [5.74, 6) is 0. The van der Waals surface area contributed by atoms with E-state index in [1.165, 1.54) is 0 Å². The molecule has 0 atom stereocenters. The Morgan fingerprint density at radius 1 is 0.952 bits per heavy atom. The molecule has 2 aromatic carbocycles. The van der Waals surface area contributed by atoms with Crippen LogP contribution in [0.3, 0.4) is 0 Å². The predicted octanol–water partition coefficient (Wildman–Crippen LogP) is 5.59. The number of fused-ring (bicyclic) bond motifs is 1. The van der Waals surface area contributed by atoms with Crippen LogP contribution in [0.25, 0.3) is 22.2 Å². The van der Waals surface area contributed by atoms with Gasteiger partial charge in [0, 0.05) is 21.5 Å². The first-order valence-electron chi connectivity index (χ1n) is 6.12. The maximum absolute atomic E-state index is 11.7. The molecule has 0 fully saturated rings. The molecular formula is C16H8Cl3NO. The highest BCUT2D eigenvalue weighted by atomic mass is 35.5. The Bertz CT molecular complexity index is 861. The standard InChI is InChI=1S/C16H8Cl3NO/c17-12-6-2-1-4-10(12)14-8-11(16(19)21)9-5-3-7-13(18)15(9)20-14/h1-8H. The van der Waals surface area contributed by atoms with Crippen molar-refractivity contribution in [2.24, 2.45) is 0 Å². The average molecular weight is 337 g/mol. The molecule has 0 saturated carbocycles. The zero-order chi connectivity index (χ0) is 15.0. The minimum Gasteiger partial charge on any atom is -0.276 e. The number of hydrogen-bond donors (Lipinski definition) is 0. The second kappa shape index (κ2) is 5.64. The number of carbonyl (C=O) groups excluding carboxylic acids is 1. The van der Waals surface area contributed by atoms with Gasteiger partial charge in [0.15, 0.2) is 0 Å². The summed E-state index contributed by atoms with van der Waals surface area (Å²) < 4.78 is 0. The molecule has 3 rings (SSSR count). The van der Waals surface area contributed by atoms with Crippen molar-refractivity contribution in [1.29, 1.82) is 0 Å². The Balaban J connectivity index is 2.38. The highest BCUT2D eigenvalue weighted by Gasteiger charge is 2.15. The highest BCUT2D eigenvalue weighted by Crippen LogP contribution is 2.32. The normalized spacial score (nSPS) is 10.8. The first-order chi connectivity index (χ1) is 10.1. The molecule has 0 saturated heterocycles. The zero-order valence-corrected chi connectivity index (χ0v) is 12.9. The molecule has 0 amide bonds. The van der Waals surface area contributed by atoms with Crippen molar-refractivity contribution in [2.75, 3.05) is 0 Å². The Morgan fingerprint density at radius 2 is 1.67 bits per heavy atom. The predicted molar refractivity (Wildman–Crippen MR) is 87.4 cm³/mol. The van der Waals surface area contributed by atoms with Gasteiger partial charge in [-0.3, -0.25) is 4.79 Å². The van der Waals surface area contributed by atoms with Crippen LogP contribution in [-0.4, -0.2) is 10.2 Å². The molecule has 21 heavy (non-hydrogen) atoms. The van der Waals surface area contributed by atoms with Crippen molar-refractivity contribution in [3.63, 3.8) is 0 Å². The molecule has 0 unspecified atom stereocenters. The van der Waals surface area contributed by atoms with E-state index in [9.17, 15) is 4.79 Å². The third-order valence-corrected chi connectivity index (χ3v) is 3.99. The molecule has 104 valence electrons. The zero-order valence-electron chi connectivity index (χ0n) is 10.6. The Morgan fingerprint density at radius 3 is 2.38 bits per heavy atom. The first kappa shape index (κ1) is 14.3. The van der Waals surface area contributed by atoms with Crippen LogP contribution < -0.4 is 0 Å². The van der Waals surface area contributed by atoms with Gasteiger partial charge in [0.1, 0.15) is 0 Å². The largest absolute Gasteiger partial charge is 0.276 e. The van der Waals surface area contributed by atoms with Crippen LogP contribution in [0.4, 0.5) is 0 Å². The number of rotatable bonds is 2. The smallest absolute Gasteiger partial charge is 0.253 e. The second-order valence-corrected chi connectivity index (χ2v) is 5.60. The molecule has 5 heteroatoms. The molecule has 0 bridgehead atoms. The molecule has 1 aromatic heterocycles. The lowest BCUT2D eigenvalue weighted by atomic mass is 10.0. The van der Waals surface area contributed by atoms with Gasteiger partial charge in [-0.2, -0.15) is 0 Å². The van der Waals surface area contributed by atoms with Crippen molar-refractivity contribution in [3.8, 4) is 11.3 Å². The number of nitrogens with zero attached hydrogens (tertiary/aromatic N) is 1. The molecule has 3 aromatic rings. The number of hydrogen-bond acceptors (Lipinski definition) is 2. The minimum atomic E-state index is -0.557. The van der Waals surface area contributed by atoms with E-state index in [4.69, 9.17) is 34.8 Å². The molecule has 1 heterocycles. The Hall–Kier alpha value is -1.61. The molecular weight excluding hydrogens is 329 g/mol. The summed E-state index contributed by atoms with van der Waals surface area (Å²) in [6.07, 6.45) is 0. The van der Waals surface area contributed by atoms with Crippen LogP contribution in [0.5, 0.6) is 0 Å². The molecule has 2 nitrogen and oxygen atoms in total. The van der Waals surface area contributed by atoms with Gasteiger partial charge in [0.2, 0.25) is 0 Å². The lowest BCUT2D eigenvalue weighted by Crippen LogP contribution is -1.96. The van der Waals surface area contributed by atoms with Crippen molar-refractivity contribution in [1.82, 2.24) is 4.98 Å². The summed E-state index contributed by atoms with van der Waals surface area (Å²) in [5, 5.41) is 1.07. The number of halogens is 3. The van der Waals surface area contributed by atoms with Gasteiger partial charge in [-0.15, -0.1) is 0 Å².